The molecular weight excluding hydrogens is 256 g/mol. The number of aromatic nitrogens is 3. The van der Waals surface area contributed by atoms with Gasteiger partial charge in [-0.15, -0.1) is 0 Å². The zero-order chi connectivity index (χ0) is 13.8. The van der Waals surface area contributed by atoms with Gasteiger partial charge in [0.1, 0.15) is 6.10 Å². The van der Waals surface area contributed by atoms with Crippen LogP contribution in [0.1, 0.15) is 12.8 Å². The van der Waals surface area contributed by atoms with Crippen molar-refractivity contribution in [3.63, 3.8) is 0 Å². The molecule has 2 aromatic rings. The van der Waals surface area contributed by atoms with Crippen molar-refractivity contribution in [1.29, 1.82) is 0 Å². The number of ether oxygens (including phenoxy) is 1. The van der Waals surface area contributed by atoms with Crippen LogP contribution in [0.15, 0.2) is 36.9 Å². The number of carbonyl (C=O) groups excluding carboxylic acids is 1. The molecule has 6 nitrogen and oxygen atoms in total. The third kappa shape index (κ3) is 2.80. The van der Waals surface area contributed by atoms with Crippen LogP contribution in [0.3, 0.4) is 0 Å². The van der Waals surface area contributed by atoms with E-state index in [9.17, 15) is 4.79 Å². The first kappa shape index (κ1) is 12.7. The molecule has 1 aliphatic rings. The molecule has 0 aliphatic carbocycles. The summed E-state index contributed by atoms with van der Waals surface area (Å²) in [6.07, 6.45) is 7.90. The Bertz CT molecular complexity index is 580. The first-order valence-corrected chi connectivity index (χ1v) is 6.48. The third-order valence-corrected chi connectivity index (χ3v) is 3.06. The molecular formula is C14H14N4O2. The highest BCUT2D eigenvalue weighted by molar-refractivity contribution is 5.94. The lowest BCUT2D eigenvalue weighted by Gasteiger charge is -2.10. The van der Waals surface area contributed by atoms with E-state index in [4.69, 9.17) is 4.74 Å². The molecule has 2 aromatic heterocycles. The van der Waals surface area contributed by atoms with Gasteiger partial charge in [-0.1, -0.05) is 0 Å². The van der Waals surface area contributed by atoms with E-state index in [1.165, 1.54) is 0 Å². The van der Waals surface area contributed by atoms with Crippen molar-refractivity contribution < 1.29 is 9.53 Å². The molecule has 1 unspecified atom stereocenters. The Balaban J connectivity index is 1.68. The van der Waals surface area contributed by atoms with Crippen molar-refractivity contribution in [3.8, 4) is 11.4 Å². The highest BCUT2D eigenvalue weighted by atomic mass is 16.5. The van der Waals surface area contributed by atoms with Gasteiger partial charge in [0.15, 0.2) is 5.82 Å². The summed E-state index contributed by atoms with van der Waals surface area (Å²) in [5.74, 6) is 0.438. The minimum absolute atomic E-state index is 0.139. The largest absolute Gasteiger partial charge is 0.368 e. The molecule has 1 atom stereocenters. The fraction of sp³-hybridized carbons (Fsp3) is 0.286. The number of nitrogens with one attached hydrogen (secondary N) is 1. The molecule has 3 rings (SSSR count). The lowest BCUT2D eigenvalue weighted by atomic mass is 10.2. The van der Waals surface area contributed by atoms with E-state index in [1.807, 2.05) is 12.1 Å². The first-order valence-electron chi connectivity index (χ1n) is 6.48. The number of amides is 1. The molecule has 3 heterocycles. The van der Waals surface area contributed by atoms with E-state index >= 15 is 0 Å². The van der Waals surface area contributed by atoms with Crippen molar-refractivity contribution in [1.82, 2.24) is 15.0 Å². The Hall–Kier alpha value is -2.34. The molecule has 0 aromatic carbocycles. The molecule has 6 heteroatoms. The van der Waals surface area contributed by atoms with Crippen LogP contribution in [0, 0.1) is 0 Å². The second kappa shape index (κ2) is 5.75. The molecule has 1 saturated heterocycles. The van der Waals surface area contributed by atoms with Gasteiger partial charge in [0.25, 0.3) is 5.91 Å². The summed E-state index contributed by atoms with van der Waals surface area (Å²) in [6, 6.07) is 3.71. The van der Waals surface area contributed by atoms with E-state index in [0.717, 1.165) is 18.4 Å². The van der Waals surface area contributed by atoms with E-state index in [2.05, 4.69) is 20.3 Å². The summed E-state index contributed by atoms with van der Waals surface area (Å²) in [6.45, 7) is 0.647. The van der Waals surface area contributed by atoms with Gasteiger partial charge in [-0.05, 0) is 25.0 Å². The van der Waals surface area contributed by atoms with Gasteiger partial charge in [-0.3, -0.25) is 9.78 Å². The van der Waals surface area contributed by atoms with E-state index in [1.54, 1.807) is 24.8 Å². The lowest BCUT2D eigenvalue weighted by molar-refractivity contribution is -0.124. The molecule has 102 valence electrons. The summed E-state index contributed by atoms with van der Waals surface area (Å²) >= 11 is 0. The maximum atomic E-state index is 11.9. The van der Waals surface area contributed by atoms with Crippen LogP contribution in [-0.4, -0.2) is 33.6 Å². The molecule has 1 amide bonds. The van der Waals surface area contributed by atoms with Crippen molar-refractivity contribution in [2.45, 2.75) is 18.9 Å². The van der Waals surface area contributed by atoms with Crippen molar-refractivity contribution in [2.75, 3.05) is 11.9 Å². The van der Waals surface area contributed by atoms with Crippen molar-refractivity contribution in [3.05, 3.63) is 36.9 Å². The fourth-order valence-corrected chi connectivity index (χ4v) is 2.04. The zero-order valence-corrected chi connectivity index (χ0v) is 10.8. The molecule has 1 N–H and O–H groups in total. The van der Waals surface area contributed by atoms with E-state index < -0.39 is 0 Å². The van der Waals surface area contributed by atoms with Crippen molar-refractivity contribution in [2.24, 2.45) is 0 Å². The van der Waals surface area contributed by atoms with Crippen LogP contribution >= 0.6 is 0 Å². The summed E-state index contributed by atoms with van der Waals surface area (Å²) in [7, 11) is 0. The van der Waals surface area contributed by atoms with Gasteiger partial charge in [-0.25, -0.2) is 9.97 Å². The molecule has 0 radical (unpaired) electrons. The smallest absolute Gasteiger partial charge is 0.253 e. The Kier molecular flexibility index (Phi) is 3.64. The standard InChI is InChI=1S/C14H14N4O2/c19-14(12-4-2-6-20-12)18-11-8-16-13(17-9-11)10-3-1-5-15-7-10/h1,3,5,7-9,12H,2,4,6H2,(H,18,19). The van der Waals surface area contributed by atoms with Crippen LogP contribution < -0.4 is 5.32 Å². The van der Waals surface area contributed by atoms with Gasteiger partial charge < -0.3 is 10.1 Å². The fourth-order valence-electron chi connectivity index (χ4n) is 2.04. The van der Waals surface area contributed by atoms with Crippen LogP contribution in [0.25, 0.3) is 11.4 Å². The number of hydrogen-bond acceptors (Lipinski definition) is 5. The Morgan fingerprint density at radius 1 is 1.30 bits per heavy atom. The second-order valence-corrected chi connectivity index (χ2v) is 4.53. The quantitative estimate of drug-likeness (QED) is 0.917. The minimum Gasteiger partial charge on any atom is -0.368 e. The van der Waals surface area contributed by atoms with Gasteiger partial charge >= 0.3 is 0 Å². The van der Waals surface area contributed by atoms with E-state index in [0.29, 0.717) is 18.1 Å². The number of rotatable bonds is 3. The summed E-state index contributed by atoms with van der Waals surface area (Å²) in [5, 5.41) is 2.76. The highest BCUT2D eigenvalue weighted by Crippen LogP contribution is 2.16. The topological polar surface area (TPSA) is 77.0 Å². The zero-order valence-electron chi connectivity index (χ0n) is 10.8. The average molecular weight is 270 g/mol. The Labute approximate surface area is 116 Å². The number of carbonyl (C=O) groups is 1. The predicted octanol–water partition coefficient (Wildman–Crippen LogP) is 1.66. The maximum Gasteiger partial charge on any atom is 0.253 e. The maximum absolute atomic E-state index is 11.9. The first-order chi connectivity index (χ1) is 9.83. The molecule has 0 spiro atoms. The Morgan fingerprint density at radius 3 is 2.80 bits per heavy atom. The van der Waals surface area contributed by atoms with Gasteiger partial charge in [0.05, 0.1) is 18.1 Å². The average Bonchev–Trinajstić information content (AvgIpc) is 3.03. The van der Waals surface area contributed by atoms with Gasteiger partial charge in [-0.2, -0.15) is 0 Å². The number of pyridine rings is 1. The van der Waals surface area contributed by atoms with Crippen LogP contribution in [-0.2, 0) is 9.53 Å². The summed E-state index contributed by atoms with van der Waals surface area (Å²) in [4.78, 5) is 24.3. The van der Waals surface area contributed by atoms with Gasteiger partial charge in [0.2, 0.25) is 0 Å². The summed E-state index contributed by atoms with van der Waals surface area (Å²) in [5.41, 5.74) is 1.41. The molecule has 1 aliphatic heterocycles. The molecule has 20 heavy (non-hydrogen) atoms. The monoisotopic (exact) mass is 270 g/mol. The highest BCUT2D eigenvalue weighted by Gasteiger charge is 2.23. The third-order valence-electron chi connectivity index (χ3n) is 3.06. The van der Waals surface area contributed by atoms with Crippen LogP contribution in [0.2, 0.25) is 0 Å². The van der Waals surface area contributed by atoms with Crippen molar-refractivity contribution >= 4 is 11.6 Å². The second-order valence-electron chi connectivity index (χ2n) is 4.53. The number of nitrogens with zero attached hydrogens (tertiary/aromatic N) is 3. The minimum atomic E-state index is -0.354. The van der Waals surface area contributed by atoms with E-state index in [-0.39, 0.29) is 12.0 Å². The normalized spacial score (nSPS) is 17.9. The SMILES string of the molecule is O=C(Nc1cnc(-c2cccnc2)nc1)C1CCCO1. The predicted molar refractivity (Wildman–Crippen MR) is 72.9 cm³/mol. The van der Waals surface area contributed by atoms with Gasteiger partial charge in [0, 0.05) is 24.6 Å². The lowest BCUT2D eigenvalue weighted by Crippen LogP contribution is -2.26. The Morgan fingerprint density at radius 2 is 2.15 bits per heavy atom. The number of hydrogen-bond donors (Lipinski definition) is 1. The molecule has 0 saturated carbocycles. The van der Waals surface area contributed by atoms with Crippen LogP contribution in [0.4, 0.5) is 5.69 Å². The molecule has 0 bridgehead atoms. The van der Waals surface area contributed by atoms with Crippen LogP contribution in [0.5, 0.6) is 0 Å². The molecule has 1 fully saturated rings. The summed E-state index contributed by atoms with van der Waals surface area (Å²) < 4.78 is 5.32. The number of anilines is 1.